The average Bonchev–Trinajstić information content (AvgIpc) is 2.93. The van der Waals surface area contributed by atoms with Crippen LogP contribution in [-0.4, -0.2) is 32.5 Å². The molecule has 0 aliphatic rings. The van der Waals surface area contributed by atoms with Gasteiger partial charge in [0.05, 0.1) is 12.9 Å². The summed E-state index contributed by atoms with van der Waals surface area (Å²) in [5.41, 5.74) is 0.587. The summed E-state index contributed by atoms with van der Waals surface area (Å²) >= 11 is 0. The van der Waals surface area contributed by atoms with Crippen molar-refractivity contribution >= 4 is 28.8 Å². The molecule has 0 saturated heterocycles. The molecule has 0 aliphatic carbocycles. The molecule has 0 atom stereocenters. The zero-order valence-electron chi connectivity index (χ0n) is 13.0. The standard InChI is InChI=1S/C15H14F2N6O/c1-8(24)20-13-12-14(22-15(18-2)21-13)23(7-19-12)6-9-10(16)4-3-5-11(9)17/h3-5,7H,6H2,1-2H3,(H2,18,20,21,22,24). The van der Waals surface area contributed by atoms with Crippen LogP contribution in [0.15, 0.2) is 24.5 Å². The Morgan fingerprint density at radius 2 is 1.96 bits per heavy atom. The van der Waals surface area contributed by atoms with Gasteiger partial charge in [0, 0.05) is 19.5 Å². The molecule has 0 aliphatic heterocycles. The molecule has 3 rings (SSSR count). The number of hydrogen-bond donors (Lipinski definition) is 2. The minimum absolute atomic E-state index is 0.0886. The number of nitrogens with one attached hydrogen (secondary N) is 2. The van der Waals surface area contributed by atoms with Crippen molar-refractivity contribution in [3.05, 3.63) is 41.7 Å². The molecule has 1 aromatic carbocycles. The zero-order chi connectivity index (χ0) is 17.3. The Labute approximate surface area is 135 Å². The van der Waals surface area contributed by atoms with Crippen LogP contribution in [0.4, 0.5) is 20.5 Å². The van der Waals surface area contributed by atoms with Gasteiger partial charge in [0.1, 0.15) is 11.6 Å². The van der Waals surface area contributed by atoms with Crippen LogP contribution in [-0.2, 0) is 11.3 Å². The molecule has 0 fully saturated rings. The van der Waals surface area contributed by atoms with E-state index >= 15 is 0 Å². The first kappa shape index (κ1) is 15.8. The number of rotatable bonds is 4. The van der Waals surface area contributed by atoms with Gasteiger partial charge in [0.25, 0.3) is 0 Å². The lowest BCUT2D eigenvalue weighted by atomic mass is 10.2. The van der Waals surface area contributed by atoms with E-state index in [1.807, 2.05) is 0 Å². The van der Waals surface area contributed by atoms with Crippen molar-refractivity contribution in [1.29, 1.82) is 0 Å². The highest BCUT2D eigenvalue weighted by Crippen LogP contribution is 2.22. The fourth-order valence-electron chi connectivity index (χ4n) is 2.28. The predicted molar refractivity (Wildman–Crippen MR) is 84.6 cm³/mol. The highest BCUT2D eigenvalue weighted by molar-refractivity contribution is 5.96. The summed E-state index contributed by atoms with van der Waals surface area (Å²) in [6.45, 7) is 1.26. The van der Waals surface area contributed by atoms with Gasteiger partial charge in [-0.25, -0.2) is 13.8 Å². The summed E-state index contributed by atoms with van der Waals surface area (Å²) in [6.07, 6.45) is 1.40. The Kier molecular flexibility index (Phi) is 4.07. The summed E-state index contributed by atoms with van der Waals surface area (Å²) in [5.74, 6) is -1.14. The molecule has 0 radical (unpaired) electrons. The molecule has 0 unspecified atom stereocenters. The third kappa shape index (κ3) is 2.87. The van der Waals surface area contributed by atoms with E-state index in [1.54, 1.807) is 7.05 Å². The first-order chi connectivity index (χ1) is 11.5. The number of carbonyl (C=O) groups excluding carboxylic acids is 1. The maximum atomic E-state index is 13.9. The minimum atomic E-state index is -0.651. The molecule has 24 heavy (non-hydrogen) atoms. The van der Waals surface area contributed by atoms with Gasteiger partial charge in [-0.15, -0.1) is 0 Å². The molecule has 7 nitrogen and oxygen atoms in total. The lowest BCUT2D eigenvalue weighted by Crippen LogP contribution is -2.11. The third-order valence-electron chi connectivity index (χ3n) is 3.37. The van der Waals surface area contributed by atoms with Crippen molar-refractivity contribution in [3.63, 3.8) is 0 Å². The molecule has 2 N–H and O–H groups in total. The van der Waals surface area contributed by atoms with Crippen LogP contribution >= 0.6 is 0 Å². The average molecular weight is 332 g/mol. The third-order valence-corrected chi connectivity index (χ3v) is 3.37. The first-order valence-corrected chi connectivity index (χ1v) is 7.10. The molecular weight excluding hydrogens is 318 g/mol. The van der Waals surface area contributed by atoms with Crippen molar-refractivity contribution in [3.8, 4) is 0 Å². The van der Waals surface area contributed by atoms with Crippen LogP contribution in [0.3, 0.4) is 0 Å². The monoisotopic (exact) mass is 332 g/mol. The van der Waals surface area contributed by atoms with E-state index < -0.39 is 11.6 Å². The van der Waals surface area contributed by atoms with Crippen LogP contribution in [0.25, 0.3) is 11.2 Å². The summed E-state index contributed by atoms with van der Waals surface area (Å²) in [6, 6.07) is 3.68. The van der Waals surface area contributed by atoms with Gasteiger partial charge < -0.3 is 15.2 Å². The van der Waals surface area contributed by atoms with Crippen LogP contribution in [0, 0.1) is 11.6 Å². The van der Waals surface area contributed by atoms with E-state index in [1.165, 1.54) is 36.0 Å². The molecule has 2 aromatic heterocycles. The maximum Gasteiger partial charge on any atom is 0.226 e. The smallest absolute Gasteiger partial charge is 0.226 e. The van der Waals surface area contributed by atoms with E-state index in [4.69, 9.17) is 0 Å². The first-order valence-electron chi connectivity index (χ1n) is 7.10. The highest BCUT2D eigenvalue weighted by atomic mass is 19.1. The predicted octanol–water partition coefficient (Wildman–Crippen LogP) is 2.15. The Bertz CT molecular complexity index is 903. The van der Waals surface area contributed by atoms with Crippen molar-refractivity contribution in [2.75, 3.05) is 17.7 Å². The second-order valence-corrected chi connectivity index (χ2v) is 5.07. The van der Waals surface area contributed by atoms with E-state index in [-0.39, 0.29) is 29.8 Å². The lowest BCUT2D eigenvalue weighted by Gasteiger charge is -2.09. The molecule has 0 saturated carbocycles. The van der Waals surface area contributed by atoms with Gasteiger partial charge in [-0.2, -0.15) is 9.97 Å². The number of halogens is 2. The number of imidazole rings is 1. The van der Waals surface area contributed by atoms with Gasteiger partial charge in [-0.05, 0) is 12.1 Å². The second kappa shape index (κ2) is 6.19. The van der Waals surface area contributed by atoms with Crippen LogP contribution < -0.4 is 10.6 Å². The minimum Gasteiger partial charge on any atom is -0.357 e. The lowest BCUT2D eigenvalue weighted by molar-refractivity contribution is -0.114. The molecule has 0 spiro atoms. The molecular formula is C15H14F2N6O. The number of hydrogen-bond acceptors (Lipinski definition) is 5. The number of fused-ring (bicyclic) bond motifs is 1. The van der Waals surface area contributed by atoms with Gasteiger partial charge in [-0.3, -0.25) is 4.79 Å². The van der Waals surface area contributed by atoms with Crippen molar-refractivity contribution in [1.82, 2.24) is 19.5 Å². The van der Waals surface area contributed by atoms with Crippen LogP contribution in [0.5, 0.6) is 0 Å². The number of carbonyl (C=O) groups is 1. The SMILES string of the molecule is CNc1nc(NC(C)=O)c2ncn(Cc3c(F)cccc3F)c2n1. The molecule has 9 heteroatoms. The fourth-order valence-corrected chi connectivity index (χ4v) is 2.28. The number of amides is 1. The van der Waals surface area contributed by atoms with Gasteiger partial charge in [0.15, 0.2) is 17.0 Å². The van der Waals surface area contributed by atoms with Crippen LogP contribution in [0.2, 0.25) is 0 Å². The number of benzene rings is 1. The Balaban J connectivity index is 2.11. The summed E-state index contributed by atoms with van der Waals surface area (Å²) < 4.78 is 29.2. The van der Waals surface area contributed by atoms with Gasteiger partial charge in [-0.1, -0.05) is 6.07 Å². The molecule has 3 aromatic rings. The van der Waals surface area contributed by atoms with E-state index in [2.05, 4.69) is 25.6 Å². The van der Waals surface area contributed by atoms with E-state index in [0.717, 1.165) is 0 Å². The van der Waals surface area contributed by atoms with E-state index in [9.17, 15) is 13.6 Å². The number of aromatic nitrogens is 4. The Morgan fingerprint density at radius 1 is 1.25 bits per heavy atom. The molecule has 124 valence electrons. The maximum absolute atomic E-state index is 13.9. The number of nitrogens with zero attached hydrogens (tertiary/aromatic N) is 4. The molecule has 2 heterocycles. The number of anilines is 2. The summed E-state index contributed by atoms with van der Waals surface area (Å²) in [5, 5.41) is 5.34. The Hall–Kier alpha value is -3.10. The van der Waals surface area contributed by atoms with Crippen molar-refractivity contribution in [2.45, 2.75) is 13.5 Å². The highest BCUT2D eigenvalue weighted by Gasteiger charge is 2.16. The Morgan fingerprint density at radius 3 is 2.58 bits per heavy atom. The quantitative estimate of drug-likeness (QED) is 0.765. The fraction of sp³-hybridized carbons (Fsp3) is 0.200. The molecule has 1 amide bonds. The van der Waals surface area contributed by atoms with E-state index in [0.29, 0.717) is 11.2 Å². The summed E-state index contributed by atoms with van der Waals surface area (Å²) in [4.78, 5) is 23.9. The molecule has 0 bridgehead atoms. The van der Waals surface area contributed by atoms with Gasteiger partial charge >= 0.3 is 0 Å². The van der Waals surface area contributed by atoms with Crippen molar-refractivity contribution < 1.29 is 13.6 Å². The largest absolute Gasteiger partial charge is 0.357 e. The van der Waals surface area contributed by atoms with Crippen LogP contribution in [0.1, 0.15) is 12.5 Å². The summed E-state index contributed by atoms with van der Waals surface area (Å²) in [7, 11) is 1.62. The topological polar surface area (TPSA) is 84.7 Å². The van der Waals surface area contributed by atoms with Crippen molar-refractivity contribution in [2.24, 2.45) is 0 Å². The second-order valence-electron chi connectivity index (χ2n) is 5.07. The normalized spacial score (nSPS) is 10.8. The zero-order valence-corrected chi connectivity index (χ0v) is 13.0. The van der Waals surface area contributed by atoms with Gasteiger partial charge in [0.2, 0.25) is 11.9 Å².